The molecule has 2 aromatic heterocycles. The molecule has 0 saturated heterocycles. The lowest BCUT2D eigenvalue weighted by molar-refractivity contribution is 0.452. The molecule has 0 radical (unpaired) electrons. The predicted octanol–water partition coefficient (Wildman–Crippen LogP) is 3.26. The molecular formula is C13H19BrN4S. The van der Waals surface area contributed by atoms with Crippen molar-refractivity contribution in [2.45, 2.75) is 32.9 Å². The Balaban J connectivity index is 2.15. The number of rotatable bonds is 6. The second-order valence-corrected chi connectivity index (χ2v) is 6.73. The molecule has 104 valence electrons. The highest BCUT2D eigenvalue weighted by Crippen LogP contribution is 2.30. The standard InChI is InChI=1S/C13H19BrN4S/c1-9(2)7-18-12(16-8-17-18)6-11(15-3)13-10(14)4-5-19-13/h4-5,8-9,11,15H,6-7H2,1-3H3. The van der Waals surface area contributed by atoms with E-state index >= 15 is 0 Å². The Morgan fingerprint density at radius 1 is 1.47 bits per heavy atom. The molecule has 1 N–H and O–H groups in total. The SMILES string of the molecule is CNC(Cc1ncnn1CC(C)C)c1sccc1Br. The number of halogens is 1. The molecule has 1 unspecified atom stereocenters. The second kappa shape index (κ2) is 6.63. The van der Waals surface area contributed by atoms with Crippen molar-refractivity contribution < 1.29 is 0 Å². The van der Waals surface area contributed by atoms with Crippen LogP contribution >= 0.6 is 27.3 Å². The molecule has 2 heterocycles. The van der Waals surface area contributed by atoms with Crippen molar-refractivity contribution in [1.29, 1.82) is 0 Å². The highest BCUT2D eigenvalue weighted by atomic mass is 79.9. The lowest BCUT2D eigenvalue weighted by atomic mass is 10.1. The molecule has 2 aromatic rings. The summed E-state index contributed by atoms with van der Waals surface area (Å²) in [7, 11) is 1.99. The van der Waals surface area contributed by atoms with E-state index in [0.717, 1.165) is 23.3 Å². The molecule has 0 spiro atoms. The van der Waals surface area contributed by atoms with Gasteiger partial charge < -0.3 is 5.32 Å². The molecule has 4 nitrogen and oxygen atoms in total. The highest BCUT2D eigenvalue weighted by molar-refractivity contribution is 9.10. The smallest absolute Gasteiger partial charge is 0.138 e. The van der Waals surface area contributed by atoms with E-state index in [1.807, 2.05) is 11.7 Å². The molecule has 19 heavy (non-hydrogen) atoms. The van der Waals surface area contributed by atoms with Gasteiger partial charge in [0.15, 0.2) is 0 Å². The minimum atomic E-state index is 0.268. The number of thiophene rings is 1. The predicted molar refractivity (Wildman–Crippen MR) is 82.4 cm³/mol. The van der Waals surface area contributed by atoms with Crippen molar-refractivity contribution in [3.8, 4) is 0 Å². The van der Waals surface area contributed by atoms with Crippen LogP contribution in [0, 0.1) is 5.92 Å². The molecule has 1 atom stereocenters. The van der Waals surface area contributed by atoms with Gasteiger partial charge in [0.25, 0.3) is 0 Å². The molecule has 0 saturated carbocycles. The molecule has 0 aliphatic rings. The molecule has 0 aliphatic heterocycles. The zero-order valence-corrected chi connectivity index (χ0v) is 13.8. The minimum absolute atomic E-state index is 0.268. The third kappa shape index (κ3) is 3.64. The molecule has 0 aromatic carbocycles. The Morgan fingerprint density at radius 2 is 2.26 bits per heavy atom. The zero-order chi connectivity index (χ0) is 13.8. The van der Waals surface area contributed by atoms with Crippen molar-refractivity contribution >= 4 is 27.3 Å². The van der Waals surface area contributed by atoms with Gasteiger partial charge in [-0.15, -0.1) is 11.3 Å². The van der Waals surface area contributed by atoms with Crippen LogP contribution in [0.2, 0.25) is 0 Å². The number of hydrogen-bond donors (Lipinski definition) is 1. The normalized spacial score (nSPS) is 13.1. The number of aromatic nitrogens is 3. The summed E-state index contributed by atoms with van der Waals surface area (Å²) in [6, 6.07) is 2.35. The Kier molecular flexibility index (Phi) is 5.13. The summed E-state index contributed by atoms with van der Waals surface area (Å²) in [5.41, 5.74) is 0. The molecule has 2 rings (SSSR count). The van der Waals surface area contributed by atoms with E-state index in [2.05, 4.69) is 56.6 Å². The summed E-state index contributed by atoms with van der Waals surface area (Å²) >= 11 is 5.36. The first-order valence-electron chi connectivity index (χ1n) is 6.38. The van der Waals surface area contributed by atoms with E-state index in [4.69, 9.17) is 0 Å². The first-order chi connectivity index (χ1) is 9.11. The summed E-state index contributed by atoms with van der Waals surface area (Å²) in [6.45, 7) is 5.30. The van der Waals surface area contributed by atoms with Gasteiger partial charge in [0.2, 0.25) is 0 Å². The minimum Gasteiger partial charge on any atom is -0.312 e. The van der Waals surface area contributed by atoms with Gasteiger partial charge in [0.05, 0.1) is 0 Å². The van der Waals surface area contributed by atoms with Crippen LogP contribution in [-0.4, -0.2) is 21.8 Å². The van der Waals surface area contributed by atoms with Crippen molar-refractivity contribution in [1.82, 2.24) is 20.1 Å². The van der Waals surface area contributed by atoms with Crippen LogP contribution in [-0.2, 0) is 13.0 Å². The van der Waals surface area contributed by atoms with Gasteiger partial charge >= 0.3 is 0 Å². The van der Waals surface area contributed by atoms with Crippen LogP contribution in [0.3, 0.4) is 0 Å². The number of nitrogens with one attached hydrogen (secondary N) is 1. The Bertz CT molecular complexity index is 520. The van der Waals surface area contributed by atoms with Crippen LogP contribution in [0.25, 0.3) is 0 Å². The van der Waals surface area contributed by atoms with Crippen LogP contribution in [0.1, 0.15) is 30.6 Å². The average molecular weight is 343 g/mol. The largest absolute Gasteiger partial charge is 0.312 e. The highest BCUT2D eigenvalue weighted by Gasteiger charge is 2.18. The lowest BCUT2D eigenvalue weighted by Gasteiger charge is -2.16. The third-order valence-corrected chi connectivity index (χ3v) is 4.91. The monoisotopic (exact) mass is 342 g/mol. The Labute approximate surface area is 126 Å². The van der Waals surface area contributed by atoms with E-state index in [1.54, 1.807) is 17.7 Å². The van der Waals surface area contributed by atoms with E-state index in [9.17, 15) is 0 Å². The van der Waals surface area contributed by atoms with Gasteiger partial charge in [-0.05, 0) is 40.3 Å². The number of hydrogen-bond acceptors (Lipinski definition) is 4. The maximum atomic E-state index is 4.40. The molecule has 0 aliphatic carbocycles. The summed E-state index contributed by atoms with van der Waals surface area (Å²) < 4.78 is 3.17. The van der Waals surface area contributed by atoms with Gasteiger partial charge in [-0.1, -0.05) is 13.8 Å². The summed E-state index contributed by atoms with van der Waals surface area (Å²) in [5, 5.41) is 9.78. The summed E-state index contributed by atoms with van der Waals surface area (Å²) in [6.07, 6.45) is 2.50. The maximum absolute atomic E-state index is 4.40. The fraction of sp³-hybridized carbons (Fsp3) is 0.538. The molecule has 0 bridgehead atoms. The summed E-state index contributed by atoms with van der Waals surface area (Å²) in [5.74, 6) is 1.61. The van der Waals surface area contributed by atoms with Gasteiger partial charge in [-0.3, -0.25) is 0 Å². The van der Waals surface area contributed by atoms with Crippen LogP contribution in [0.4, 0.5) is 0 Å². The van der Waals surface area contributed by atoms with Crippen molar-refractivity contribution in [2.24, 2.45) is 5.92 Å². The van der Waals surface area contributed by atoms with Crippen molar-refractivity contribution in [3.63, 3.8) is 0 Å². The van der Waals surface area contributed by atoms with Crippen LogP contribution in [0.5, 0.6) is 0 Å². The molecular weight excluding hydrogens is 324 g/mol. The summed E-state index contributed by atoms with van der Waals surface area (Å²) in [4.78, 5) is 5.70. The van der Waals surface area contributed by atoms with Crippen molar-refractivity contribution in [3.05, 3.63) is 32.9 Å². The zero-order valence-electron chi connectivity index (χ0n) is 11.4. The number of likely N-dealkylation sites (N-methyl/N-ethyl adjacent to an activating group) is 1. The maximum Gasteiger partial charge on any atom is 0.138 e. The van der Waals surface area contributed by atoms with Gasteiger partial charge in [0, 0.05) is 28.4 Å². The van der Waals surface area contributed by atoms with E-state index in [-0.39, 0.29) is 6.04 Å². The molecule has 0 amide bonds. The van der Waals surface area contributed by atoms with Gasteiger partial charge in [0.1, 0.15) is 12.2 Å². The van der Waals surface area contributed by atoms with Crippen LogP contribution < -0.4 is 5.32 Å². The van der Waals surface area contributed by atoms with E-state index in [0.29, 0.717) is 5.92 Å². The van der Waals surface area contributed by atoms with E-state index in [1.165, 1.54) is 4.88 Å². The molecule has 0 fully saturated rings. The van der Waals surface area contributed by atoms with E-state index < -0.39 is 0 Å². The third-order valence-electron chi connectivity index (χ3n) is 2.93. The van der Waals surface area contributed by atoms with Gasteiger partial charge in [-0.25, -0.2) is 9.67 Å². The first-order valence-corrected chi connectivity index (χ1v) is 8.06. The van der Waals surface area contributed by atoms with Gasteiger partial charge in [-0.2, -0.15) is 5.10 Å². The lowest BCUT2D eigenvalue weighted by Crippen LogP contribution is -2.21. The fourth-order valence-corrected chi connectivity index (χ4v) is 3.77. The Morgan fingerprint density at radius 3 is 2.84 bits per heavy atom. The number of nitrogens with zero attached hydrogens (tertiary/aromatic N) is 3. The van der Waals surface area contributed by atoms with Crippen LogP contribution in [0.15, 0.2) is 22.2 Å². The van der Waals surface area contributed by atoms with Crippen molar-refractivity contribution in [2.75, 3.05) is 7.05 Å². The quantitative estimate of drug-likeness (QED) is 0.875. The first kappa shape index (κ1) is 14.7. The molecule has 6 heteroatoms. The topological polar surface area (TPSA) is 42.7 Å². The fourth-order valence-electron chi connectivity index (χ4n) is 2.01. The second-order valence-electron chi connectivity index (χ2n) is 4.93. The average Bonchev–Trinajstić information content (AvgIpc) is 2.95. The Hall–Kier alpha value is -0.720.